The first kappa shape index (κ1) is 22.6. The third kappa shape index (κ3) is 5.07. The largest absolute Gasteiger partial charge is 0.378 e. The first-order valence-corrected chi connectivity index (χ1v) is 11.0. The number of hydrazine groups is 1. The summed E-state index contributed by atoms with van der Waals surface area (Å²) in [4.78, 5) is 28.0. The topological polar surface area (TPSA) is 64.5 Å². The normalized spacial score (nSPS) is 18.8. The van der Waals surface area contributed by atoms with Crippen LogP contribution in [0.5, 0.6) is 0 Å². The number of amides is 2. The molecule has 3 aromatic carbocycles. The number of halogens is 1. The minimum absolute atomic E-state index is 0.280. The lowest BCUT2D eigenvalue weighted by Crippen LogP contribution is -2.42. The van der Waals surface area contributed by atoms with Crippen LogP contribution in [0.15, 0.2) is 72.8 Å². The molecule has 0 bridgehead atoms. The van der Waals surface area contributed by atoms with Crippen LogP contribution in [0.3, 0.4) is 0 Å². The van der Waals surface area contributed by atoms with Crippen LogP contribution in [0.25, 0.3) is 0 Å². The second-order valence-corrected chi connectivity index (χ2v) is 8.75. The maximum Gasteiger partial charge on any atom is 0.304 e. The van der Waals surface area contributed by atoms with Crippen LogP contribution in [-0.2, 0) is 4.79 Å². The van der Waals surface area contributed by atoms with Crippen molar-refractivity contribution in [2.45, 2.75) is 19.0 Å². The van der Waals surface area contributed by atoms with E-state index in [4.69, 9.17) is 11.6 Å². The minimum Gasteiger partial charge on any atom is -0.378 e. The zero-order chi connectivity index (χ0) is 23.5. The van der Waals surface area contributed by atoms with Gasteiger partial charge in [-0.1, -0.05) is 41.4 Å². The zero-order valence-electron chi connectivity index (χ0n) is 18.7. The first-order chi connectivity index (χ1) is 15.8. The molecule has 33 heavy (non-hydrogen) atoms. The van der Waals surface area contributed by atoms with Crippen LogP contribution in [-0.4, -0.2) is 42.9 Å². The van der Waals surface area contributed by atoms with Gasteiger partial charge in [0.2, 0.25) is 12.3 Å². The molecule has 0 saturated carbocycles. The monoisotopic (exact) mass is 461 g/mol. The number of benzene rings is 3. The molecule has 2 amide bonds. The lowest BCUT2D eigenvalue weighted by molar-refractivity contribution is -0.596. The molecule has 2 atom stereocenters. The van der Waals surface area contributed by atoms with Gasteiger partial charge < -0.3 is 10.2 Å². The van der Waals surface area contributed by atoms with Crippen LogP contribution in [0.2, 0.25) is 5.02 Å². The van der Waals surface area contributed by atoms with E-state index in [-0.39, 0.29) is 11.8 Å². The van der Waals surface area contributed by atoms with E-state index in [9.17, 15) is 9.59 Å². The van der Waals surface area contributed by atoms with Gasteiger partial charge in [0.05, 0.1) is 0 Å². The molecule has 168 valence electrons. The molecule has 3 aromatic rings. The fourth-order valence-corrected chi connectivity index (χ4v) is 4.00. The van der Waals surface area contributed by atoms with Gasteiger partial charge in [0, 0.05) is 41.5 Å². The summed E-state index contributed by atoms with van der Waals surface area (Å²) in [5, 5.41) is 3.53. The number of nitrogens with one attached hydrogen (secondary N) is 2. The second kappa shape index (κ2) is 9.46. The predicted molar refractivity (Wildman–Crippen MR) is 131 cm³/mol. The Bertz CT molecular complexity index is 1200. The molecule has 1 aliphatic heterocycles. The van der Waals surface area contributed by atoms with Gasteiger partial charge in [-0.15, -0.1) is 10.1 Å². The van der Waals surface area contributed by atoms with Crippen LogP contribution in [0, 0.1) is 6.92 Å². The Morgan fingerprint density at radius 2 is 1.76 bits per heavy atom. The predicted octanol–water partition coefficient (Wildman–Crippen LogP) is 3.73. The number of hydrogen-bond donors (Lipinski definition) is 2. The quantitative estimate of drug-likeness (QED) is 0.569. The van der Waals surface area contributed by atoms with E-state index in [0.29, 0.717) is 10.6 Å². The highest BCUT2D eigenvalue weighted by Crippen LogP contribution is 2.27. The zero-order valence-corrected chi connectivity index (χ0v) is 19.5. The summed E-state index contributed by atoms with van der Waals surface area (Å²) in [5.41, 5.74) is 7.25. The van der Waals surface area contributed by atoms with Gasteiger partial charge in [0.15, 0.2) is 6.04 Å². The molecule has 4 rings (SSSR count). The number of nitrogens with zero attached hydrogens (tertiary/aromatic N) is 2. The van der Waals surface area contributed by atoms with Gasteiger partial charge in [-0.3, -0.25) is 9.59 Å². The SMILES string of the molecule is Cc1cccc(C(=O)N[C@H]2C(=O)N/[N+](=C\c3ccc(N(C)C)cc3)[C@H]2c2ccc(Cl)cc2)c1. The van der Waals surface area contributed by atoms with Crippen molar-refractivity contribution < 1.29 is 14.3 Å². The van der Waals surface area contributed by atoms with Crippen molar-refractivity contribution in [1.82, 2.24) is 10.7 Å². The van der Waals surface area contributed by atoms with Crippen LogP contribution < -0.4 is 15.6 Å². The molecule has 0 aromatic heterocycles. The van der Waals surface area contributed by atoms with E-state index in [2.05, 4.69) is 10.7 Å². The van der Waals surface area contributed by atoms with Crippen molar-refractivity contribution in [3.63, 3.8) is 0 Å². The molecule has 0 unspecified atom stereocenters. The summed E-state index contributed by atoms with van der Waals surface area (Å²) in [6, 6.07) is 21.4. The molecular weight excluding hydrogens is 436 g/mol. The molecule has 0 radical (unpaired) electrons. The van der Waals surface area contributed by atoms with Gasteiger partial charge in [-0.2, -0.15) is 0 Å². The lowest BCUT2D eigenvalue weighted by Gasteiger charge is -2.15. The van der Waals surface area contributed by atoms with Crippen LogP contribution >= 0.6 is 11.6 Å². The molecule has 0 aliphatic carbocycles. The van der Waals surface area contributed by atoms with E-state index < -0.39 is 12.1 Å². The van der Waals surface area contributed by atoms with Crippen LogP contribution in [0.4, 0.5) is 5.69 Å². The van der Waals surface area contributed by atoms with Crippen molar-refractivity contribution in [3.05, 3.63) is 100 Å². The smallest absolute Gasteiger partial charge is 0.304 e. The van der Waals surface area contributed by atoms with Crippen molar-refractivity contribution in [3.8, 4) is 0 Å². The number of rotatable bonds is 5. The Morgan fingerprint density at radius 1 is 1.06 bits per heavy atom. The van der Waals surface area contributed by atoms with E-state index in [1.54, 1.807) is 28.9 Å². The van der Waals surface area contributed by atoms with Crippen molar-refractivity contribution >= 4 is 35.3 Å². The fraction of sp³-hybridized carbons (Fsp3) is 0.192. The Labute approximate surface area is 198 Å². The number of hydrazone groups is 1. The Kier molecular flexibility index (Phi) is 6.47. The molecule has 0 spiro atoms. The molecular formula is C26H26ClN4O2+. The summed E-state index contributed by atoms with van der Waals surface area (Å²) < 4.78 is 1.75. The second-order valence-electron chi connectivity index (χ2n) is 8.32. The Hall–Kier alpha value is -3.64. The van der Waals surface area contributed by atoms with Crippen molar-refractivity contribution in [2.75, 3.05) is 19.0 Å². The molecule has 1 aliphatic rings. The van der Waals surface area contributed by atoms with Gasteiger partial charge in [0.25, 0.3) is 5.91 Å². The molecule has 1 heterocycles. The fourth-order valence-electron chi connectivity index (χ4n) is 3.87. The highest BCUT2D eigenvalue weighted by Gasteiger charge is 2.47. The molecule has 2 N–H and O–H groups in total. The average molecular weight is 462 g/mol. The summed E-state index contributed by atoms with van der Waals surface area (Å²) in [6.45, 7) is 1.92. The summed E-state index contributed by atoms with van der Waals surface area (Å²) in [6.07, 6.45) is 1.87. The highest BCUT2D eigenvalue weighted by molar-refractivity contribution is 6.30. The highest BCUT2D eigenvalue weighted by atomic mass is 35.5. The third-order valence-corrected chi connectivity index (χ3v) is 5.87. The average Bonchev–Trinajstić information content (AvgIpc) is 3.09. The number of hydrogen-bond acceptors (Lipinski definition) is 3. The van der Waals surface area contributed by atoms with Gasteiger partial charge in [-0.05, 0) is 55.5 Å². The Balaban J connectivity index is 1.69. The van der Waals surface area contributed by atoms with E-state index >= 15 is 0 Å². The third-order valence-electron chi connectivity index (χ3n) is 5.61. The molecule has 6 nitrogen and oxygen atoms in total. The summed E-state index contributed by atoms with van der Waals surface area (Å²) in [5.74, 6) is -0.577. The summed E-state index contributed by atoms with van der Waals surface area (Å²) in [7, 11) is 3.97. The first-order valence-electron chi connectivity index (χ1n) is 10.7. The standard InChI is InChI=1S/C26H25ClN4O2/c1-17-5-4-6-20(15-17)25(32)28-23-24(19-9-11-21(27)12-10-19)31(29-26(23)33)16-18-7-13-22(14-8-18)30(2)3/h4-16,23-24H,1-3H3,(H-,28,29,32,33)/p+1/t23-,24+/m1/s1. The maximum atomic E-state index is 13.0. The number of aryl methyl sites for hydroxylation is 1. The number of carbonyl (C=O) groups excluding carboxylic acids is 2. The Morgan fingerprint density at radius 3 is 2.39 bits per heavy atom. The molecule has 1 fully saturated rings. The number of anilines is 1. The molecule has 1 saturated heterocycles. The van der Waals surface area contributed by atoms with E-state index in [1.165, 1.54) is 0 Å². The van der Waals surface area contributed by atoms with Crippen molar-refractivity contribution in [1.29, 1.82) is 0 Å². The molecule has 7 heteroatoms. The number of carbonyl (C=O) groups is 2. The lowest BCUT2D eigenvalue weighted by atomic mass is 9.99. The van der Waals surface area contributed by atoms with E-state index in [0.717, 1.165) is 22.4 Å². The van der Waals surface area contributed by atoms with Crippen LogP contribution in [0.1, 0.15) is 33.1 Å². The summed E-state index contributed by atoms with van der Waals surface area (Å²) >= 11 is 6.09. The van der Waals surface area contributed by atoms with Gasteiger partial charge in [-0.25, -0.2) is 0 Å². The maximum absolute atomic E-state index is 13.0. The van der Waals surface area contributed by atoms with E-state index in [1.807, 2.05) is 80.7 Å². The van der Waals surface area contributed by atoms with Gasteiger partial charge >= 0.3 is 5.91 Å². The minimum atomic E-state index is -0.781. The van der Waals surface area contributed by atoms with Gasteiger partial charge in [0.1, 0.15) is 0 Å². The van der Waals surface area contributed by atoms with Crippen molar-refractivity contribution in [2.24, 2.45) is 0 Å².